The van der Waals surface area contributed by atoms with E-state index in [-0.39, 0.29) is 17.9 Å². The molecule has 4 unspecified atom stereocenters. The van der Waals surface area contributed by atoms with Gasteiger partial charge >= 0.3 is 6.03 Å². The van der Waals surface area contributed by atoms with Crippen molar-refractivity contribution in [1.82, 2.24) is 10.6 Å². The van der Waals surface area contributed by atoms with Crippen LogP contribution in [0.3, 0.4) is 0 Å². The van der Waals surface area contributed by atoms with Crippen molar-refractivity contribution in [3.8, 4) is 0 Å². The number of aliphatic hydroxyl groups is 1. The van der Waals surface area contributed by atoms with Crippen molar-refractivity contribution < 1.29 is 14.7 Å². The smallest absolute Gasteiger partial charge is 0.312 e. The Kier molecular flexibility index (Phi) is 6.08. The van der Waals surface area contributed by atoms with Gasteiger partial charge in [0.05, 0.1) is 6.10 Å². The molecular weight excluding hydrogens is 246 g/mol. The summed E-state index contributed by atoms with van der Waals surface area (Å²) in [5, 5.41) is 14.8. The van der Waals surface area contributed by atoms with Crippen LogP contribution >= 0.6 is 0 Å². The zero-order valence-corrected chi connectivity index (χ0v) is 11.7. The molecule has 0 aromatic heterocycles. The number of rotatable bonds is 6. The van der Waals surface area contributed by atoms with Gasteiger partial charge in [-0.25, -0.2) is 4.79 Å². The molecule has 1 aliphatic rings. The predicted molar refractivity (Wildman–Crippen MR) is 72.3 cm³/mol. The second kappa shape index (κ2) is 7.33. The standard InChI is InChI=1S/C13H25N3O3/c1-3-8(2)11(16-13(14)19)12(18)15-7-9-4-5-10(17)6-9/h8-11,17H,3-7H2,1-2H3,(H,15,18)(H3,14,16,19). The molecule has 3 amide bonds. The second-order valence-electron chi connectivity index (χ2n) is 5.45. The van der Waals surface area contributed by atoms with Gasteiger partial charge in [-0.1, -0.05) is 20.3 Å². The summed E-state index contributed by atoms with van der Waals surface area (Å²) < 4.78 is 0. The molecule has 4 atom stereocenters. The molecule has 0 spiro atoms. The molecule has 1 fully saturated rings. The second-order valence-corrected chi connectivity index (χ2v) is 5.45. The number of nitrogens with two attached hydrogens (primary N) is 1. The number of amides is 3. The fourth-order valence-electron chi connectivity index (χ4n) is 2.44. The molecule has 0 heterocycles. The quantitative estimate of drug-likeness (QED) is 0.560. The molecular formula is C13H25N3O3. The minimum atomic E-state index is -0.684. The first-order valence-electron chi connectivity index (χ1n) is 6.95. The Morgan fingerprint density at radius 2 is 2.11 bits per heavy atom. The van der Waals surface area contributed by atoms with E-state index in [4.69, 9.17) is 5.73 Å². The summed E-state index contributed by atoms with van der Waals surface area (Å²) in [7, 11) is 0. The van der Waals surface area contributed by atoms with Crippen LogP contribution in [0.25, 0.3) is 0 Å². The molecule has 5 N–H and O–H groups in total. The van der Waals surface area contributed by atoms with Crippen LogP contribution in [0.5, 0.6) is 0 Å². The summed E-state index contributed by atoms with van der Waals surface area (Å²) >= 11 is 0. The van der Waals surface area contributed by atoms with Gasteiger partial charge in [0.2, 0.25) is 5.91 Å². The lowest BCUT2D eigenvalue weighted by atomic mass is 9.98. The van der Waals surface area contributed by atoms with Crippen LogP contribution in [0, 0.1) is 11.8 Å². The van der Waals surface area contributed by atoms with Crippen molar-refractivity contribution >= 4 is 11.9 Å². The maximum Gasteiger partial charge on any atom is 0.312 e. The van der Waals surface area contributed by atoms with Gasteiger partial charge in [0.25, 0.3) is 0 Å². The van der Waals surface area contributed by atoms with Gasteiger partial charge in [0, 0.05) is 6.54 Å². The van der Waals surface area contributed by atoms with E-state index in [1.54, 1.807) is 0 Å². The monoisotopic (exact) mass is 271 g/mol. The number of hydrogen-bond donors (Lipinski definition) is 4. The van der Waals surface area contributed by atoms with Crippen molar-refractivity contribution in [3.63, 3.8) is 0 Å². The van der Waals surface area contributed by atoms with E-state index in [0.29, 0.717) is 12.5 Å². The number of urea groups is 1. The Bertz CT molecular complexity index is 322. The lowest BCUT2D eigenvalue weighted by molar-refractivity contribution is -0.124. The zero-order valence-electron chi connectivity index (χ0n) is 11.7. The van der Waals surface area contributed by atoms with Crippen molar-refractivity contribution in [2.75, 3.05) is 6.54 Å². The molecule has 0 bridgehead atoms. The fourth-order valence-corrected chi connectivity index (χ4v) is 2.44. The van der Waals surface area contributed by atoms with Gasteiger partial charge in [-0.05, 0) is 31.1 Å². The average Bonchev–Trinajstić information content (AvgIpc) is 2.77. The Hall–Kier alpha value is -1.30. The normalized spacial score (nSPS) is 25.6. The van der Waals surface area contributed by atoms with Crippen LogP contribution in [-0.2, 0) is 4.79 Å². The average molecular weight is 271 g/mol. The lowest BCUT2D eigenvalue weighted by Gasteiger charge is -2.23. The van der Waals surface area contributed by atoms with Gasteiger partial charge < -0.3 is 21.5 Å². The van der Waals surface area contributed by atoms with Gasteiger partial charge in [-0.2, -0.15) is 0 Å². The number of hydrogen-bond acceptors (Lipinski definition) is 3. The zero-order chi connectivity index (χ0) is 14.4. The Morgan fingerprint density at radius 1 is 1.42 bits per heavy atom. The summed E-state index contributed by atoms with van der Waals surface area (Å²) in [4.78, 5) is 23.0. The number of primary amides is 1. The van der Waals surface area contributed by atoms with Crippen LogP contribution in [0.2, 0.25) is 0 Å². The molecule has 19 heavy (non-hydrogen) atoms. The summed E-state index contributed by atoms with van der Waals surface area (Å²) in [6.45, 7) is 4.41. The van der Waals surface area contributed by atoms with Crippen LogP contribution in [0.4, 0.5) is 4.79 Å². The van der Waals surface area contributed by atoms with Gasteiger partial charge in [0.1, 0.15) is 6.04 Å². The third-order valence-corrected chi connectivity index (χ3v) is 3.87. The van der Waals surface area contributed by atoms with Crippen LogP contribution in [0.15, 0.2) is 0 Å². The number of nitrogens with one attached hydrogen (secondary N) is 2. The largest absolute Gasteiger partial charge is 0.393 e. The first-order valence-corrected chi connectivity index (χ1v) is 6.95. The topological polar surface area (TPSA) is 104 Å². The van der Waals surface area contributed by atoms with Crippen LogP contribution in [-0.4, -0.2) is 35.7 Å². The Balaban J connectivity index is 2.45. The molecule has 1 saturated carbocycles. The molecule has 6 nitrogen and oxygen atoms in total. The van der Waals surface area contributed by atoms with E-state index in [9.17, 15) is 14.7 Å². The first kappa shape index (κ1) is 15.8. The SMILES string of the molecule is CCC(C)C(NC(N)=O)C(=O)NCC1CCC(O)C1. The van der Waals surface area contributed by atoms with Crippen molar-refractivity contribution in [2.45, 2.75) is 51.7 Å². The maximum atomic E-state index is 12.1. The van der Waals surface area contributed by atoms with Crippen molar-refractivity contribution in [1.29, 1.82) is 0 Å². The summed E-state index contributed by atoms with van der Waals surface area (Å²) in [6.07, 6.45) is 3.00. The molecule has 1 rings (SSSR count). The highest BCUT2D eigenvalue weighted by atomic mass is 16.3. The van der Waals surface area contributed by atoms with Gasteiger partial charge in [0.15, 0.2) is 0 Å². The minimum absolute atomic E-state index is 0.0293. The van der Waals surface area contributed by atoms with E-state index in [1.807, 2.05) is 13.8 Å². The highest BCUT2D eigenvalue weighted by Crippen LogP contribution is 2.24. The summed E-state index contributed by atoms with van der Waals surface area (Å²) in [6, 6.07) is -1.27. The molecule has 110 valence electrons. The number of carbonyl (C=O) groups excluding carboxylic acids is 2. The van der Waals surface area contributed by atoms with E-state index in [1.165, 1.54) is 0 Å². The highest BCUT2D eigenvalue weighted by Gasteiger charge is 2.27. The highest BCUT2D eigenvalue weighted by molar-refractivity contribution is 5.86. The van der Waals surface area contributed by atoms with E-state index >= 15 is 0 Å². The van der Waals surface area contributed by atoms with Crippen LogP contribution in [0.1, 0.15) is 39.5 Å². The van der Waals surface area contributed by atoms with E-state index in [2.05, 4.69) is 10.6 Å². The molecule has 1 aliphatic carbocycles. The molecule has 0 radical (unpaired) electrons. The predicted octanol–water partition coefficient (Wildman–Crippen LogP) is 0.347. The molecule has 0 aromatic carbocycles. The lowest BCUT2D eigenvalue weighted by Crippen LogP contribution is -2.52. The summed E-state index contributed by atoms with van der Waals surface area (Å²) in [5.41, 5.74) is 5.10. The van der Waals surface area contributed by atoms with Crippen molar-refractivity contribution in [2.24, 2.45) is 17.6 Å². The Morgan fingerprint density at radius 3 is 2.58 bits per heavy atom. The van der Waals surface area contributed by atoms with E-state index < -0.39 is 12.1 Å². The molecule has 0 aromatic rings. The maximum absolute atomic E-state index is 12.1. The third-order valence-electron chi connectivity index (χ3n) is 3.87. The van der Waals surface area contributed by atoms with Crippen LogP contribution < -0.4 is 16.4 Å². The number of carbonyl (C=O) groups is 2. The third kappa shape index (κ3) is 5.06. The fraction of sp³-hybridized carbons (Fsp3) is 0.846. The van der Waals surface area contributed by atoms with Gasteiger partial charge in [-0.3, -0.25) is 4.79 Å². The molecule has 0 saturated heterocycles. The molecule has 0 aliphatic heterocycles. The molecule has 6 heteroatoms. The first-order chi connectivity index (χ1) is 8.93. The minimum Gasteiger partial charge on any atom is -0.393 e. The van der Waals surface area contributed by atoms with Gasteiger partial charge in [-0.15, -0.1) is 0 Å². The summed E-state index contributed by atoms with van der Waals surface area (Å²) in [5.74, 6) is 0.154. The Labute approximate surface area is 114 Å². The number of aliphatic hydroxyl groups excluding tert-OH is 1. The van der Waals surface area contributed by atoms with Crippen molar-refractivity contribution in [3.05, 3.63) is 0 Å². The van der Waals surface area contributed by atoms with E-state index in [0.717, 1.165) is 25.7 Å².